The van der Waals surface area contributed by atoms with Crippen LogP contribution in [0, 0.1) is 0 Å². The van der Waals surface area contributed by atoms with E-state index in [1.165, 1.54) is 0 Å². The highest BCUT2D eigenvalue weighted by Gasteiger charge is 2.32. The number of hydrogen-bond acceptors (Lipinski definition) is 3. The van der Waals surface area contributed by atoms with E-state index in [0.29, 0.717) is 6.54 Å². The predicted molar refractivity (Wildman–Crippen MR) is 102 cm³/mol. The monoisotopic (exact) mass is 344 g/mol. The van der Waals surface area contributed by atoms with Gasteiger partial charge in [-0.1, -0.05) is 78.9 Å². The van der Waals surface area contributed by atoms with E-state index in [1.54, 1.807) is 10.0 Å². The topological polar surface area (TPSA) is 47.6 Å². The lowest BCUT2D eigenvalue weighted by atomic mass is 10.2. The summed E-state index contributed by atoms with van der Waals surface area (Å²) in [6.07, 6.45) is -0.210. The van der Waals surface area contributed by atoms with Crippen LogP contribution in [0.5, 0.6) is 0 Å². The van der Waals surface area contributed by atoms with E-state index in [0.717, 1.165) is 16.8 Å². The summed E-state index contributed by atoms with van der Waals surface area (Å²) in [6.45, 7) is 0.480. The Labute approximate surface area is 152 Å². The van der Waals surface area contributed by atoms with Gasteiger partial charge in [0.2, 0.25) is 0 Å². The van der Waals surface area contributed by atoms with Crippen LogP contribution in [-0.4, -0.2) is 11.0 Å². The Hall–Kier alpha value is -3.15. The largest absolute Gasteiger partial charge is 0.353 e. The number of nitrogens with one attached hydrogen (secondary N) is 2. The molecule has 3 aromatic carbocycles. The lowest BCUT2D eigenvalue weighted by Crippen LogP contribution is -2.64. The van der Waals surface area contributed by atoms with Crippen molar-refractivity contribution in [3.05, 3.63) is 102 Å². The Morgan fingerprint density at radius 2 is 1.31 bits per heavy atom. The van der Waals surface area contributed by atoms with Gasteiger partial charge in [-0.2, -0.15) is 0 Å². The molecule has 130 valence electrons. The van der Waals surface area contributed by atoms with Crippen LogP contribution < -0.4 is 15.9 Å². The maximum atomic E-state index is 13.0. The summed E-state index contributed by atoms with van der Waals surface area (Å²) in [4.78, 5) is 13.0. The molecule has 1 unspecified atom stereocenters. The molecule has 1 heterocycles. The van der Waals surface area contributed by atoms with Crippen molar-refractivity contribution in [3.63, 3.8) is 0 Å². The standard InChI is InChI=1S/C21H20N4O/c26-21-24(16-17-10-4-1-5-11-17)22-20(18-12-6-2-7-13-18)23-25(21)19-14-8-3-9-15-19/h1-15,20,22-23H,16H2. The van der Waals surface area contributed by atoms with Gasteiger partial charge in [-0.05, 0) is 23.3 Å². The number of urea groups is 1. The lowest BCUT2D eigenvalue weighted by molar-refractivity contribution is 0.120. The van der Waals surface area contributed by atoms with E-state index in [1.807, 2.05) is 91.0 Å². The normalized spacial score (nSPS) is 17.4. The summed E-state index contributed by atoms with van der Waals surface area (Å²) in [6, 6.07) is 29.4. The van der Waals surface area contributed by atoms with Crippen molar-refractivity contribution in [2.45, 2.75) is 12.7 Å². The number of para-hydroxylation sites is 1. The summed E-state index contributed by atoms with van der Waals surface area (Å²) in [5.41, 5.74) is 9.50. The first-order valence-corrected chi connectivity index (χ1v) is 8.59. The number of amides is 2. The van der Waals surface area contributed by atoms with Crippen LogP contribution in [0.3, 0.4) is 0 Å². The van der Waals surface area contributed by atoms with Gasteiger partial charge < -0.3 is 0 Å². The number of benzene rings is 3. The fraction of sp³-hybridized carbons (Fsp3) is 0.0952. The summed E-state index contributed by atoms with van der Waals surface area (Å²) in [5, 5.41) is 3.24. The average Bonchev–Trinajstić information content (AvgIpc) is 2.71. The first-order valence-electron chi connectivity index (χ1n) is 8.59. The zero-order valence-corrected chi connectivity index (χ0v) is 14.2. The Kier molecular flexibility index (Phi) is 4.64. The Bertz CT molecular complexity index is 855. The number of hydrogen-bond donors (Lipinski definition) is 2. The lowest BCUT2D eigenvalue weighted by Gasteiger charge is -2.41. The van der Waals surface area contributed by atoms with Crippen LogP contribution in [0.1, 0.15) is 17.3 Å². The second kappa shape index (κ2) is 7.39. The molecule has 5 nitrogen and oxygen atoms in total. The molecule has 2 N–H and O–H groups in total. The zero-order valence-electron chi connectivity index (χ0n) is 14.2. The molecule has 1 saturated heterocycles. The minimum Gasteiger partial charge on any atom is -0.252 e. The van der Waals surface area contributed by atoms with Crippen molar-refractivity contribution in [3.8, 4) is 0 Å². The van der Waals surface area contributed by atoms with E-state index in [4.69, 9.17) is 0 Å². The second-order valence-electron chi connectivity index (χ2n) is 6.13. The van der Waals surface area contributed by atoms with Crippen LogP contribution in [-0.2, 0) is 6.54 Å². The number of rotatable bonds is 4. The third-order valence-corrected chi connectivity index (χ3v) is 4.30. The molecule has 0 bridgehead atoms. The maximum absolute atomic E-state index is 13.0. The fourth-order valence-electron chi connectivity index (χ4n) is 2.98. The first-order chi connectivity index (χ1) is 12.8. The van der Waals surface area contributed by atoms with E-state index in [9.17, 15) is 4.79 Å². The van der Waals surface area contributed by atoms with E-state index < -0.39 is 0 Å². The molecule has 1 aliphatic heterocycles. The van der Waals surface area contributed by atoms with Crippen molar-refractivity contribution in [2.24, 2.45) is 0 Å². The number of hydrazine groups is 2. The van der Waals surface area contributed by atoms with Gasteiger partial charge in [-0.15, -0.1) is 0 Å². The van der Waals surface area contributed by atoms with Crippen LogP contribution >= 0.6 is 0 Å². The third kappa shape index (κ3) is 3.44. The Morgan fingerprint density at radius 3 is 1.96 bits per heavy atom. The molecule has 26 heavy (non-hydrogen) atoms. The zero-order chi connectivity index (χ0) is 17.8. The first kappa shape index (κ1) is 16.3. The molecule has 1 atom stereocenters. The van der Waals surface area contributed by atoms with Crippen LogP contribution in [0.4, 0.5) is 10.5 Å². The van der Waals surface area contributed by atoms with Crippen molar-refractivity contribution in [1.29, 1.82) is 0 Å². The molecule has 0 saturated carbocycles. The molecule has 5 heteroatoms. The summed E-state index contributed by atoms with van der Waals surface area (Å²) < 4.78 is 0. The van der Waals surface area contributed by atoms with Gasteiger partial charge in [-0.3, -0.25) is 5.01 Å². The second-order valence-corrected chi connectivity index (χ2v) is 6.13. The number of carbonyl (C=O) groups is 1. The molecule has 0 spiro atoms. The van der Waals surface area contributed by atoms with Gasteiger partial charge in [0.05, 0.1) is 12.2 Å². The van der Waals surface area contributed by atoms with Gasteiger partial charge in [0, 0.05) is 0 Å². The molecule has 4 rings (SSSR count). The SMILES string of the molecule is O=C1N(Cc2ccccc2)NC(c2ccccc2)NN1c1ccccc1. The Morgan fingerprint density at radius 1 is 0.731 bits per heavy atom. The fourth-order valence-corrected chi connectivity index (χ4v) is 2.98. The van der Waals surface area contributed by atoms with E-state index in [-0.39, 0.29) is 12.2 Å². The molecular weight excluding hydrogens is 324 g/mol. The molecular formula is C21H20N4O. The highest BCUT2D eigenvalue weighted by Crippen LogP contribution is 2.22. The highest BCUT2D eigenvalue weighted by atomic mass is 16.2. The molecule has 1 fully saturated rings. The minimum absolute atomic E-state index is 0.146. The summed E-state index contributed by atoms with van der Waals surface area (Å²) in [5.74, 6) is 0. The van der Waals surface area contributed by atoms with Crippen molar-refractivity contribution in [2.75, 3.05) is 5.01 Å². The molecule has 0 aromatic heterocycles. The summed E-state index contributed by atoms with van der Waals surface area (Å²) >= 11 is 0. The third-order valence-electron chi connectivity index (χ3n) is 4.30. The number of nitrogens with zero attached hydrogens (tertiary/aromatic N) is 2. The summed E-state index contributed by atoms with van der Waals surface area (Å²) in [7, 11) is 0. The van der Waals surface area contributed by atoms with Crippen molar-refractivity contribution >= 4 is 11.7 Å². The molecule has 0 radical (unpaired) electrons. The van der Waals surface area contributed by atoms with Crippen LogP contribution in [0.25, 0.3) is 0 Å². The van der Waals surface area contributed by atoms with Crippen molar-refractivity contribution in [1.82, 2.24) is 15.9 Å². The average molecular weight is 344 g/mol. The van der Waals surface area contributed by atoms with Crippen LogP contribution in [0.2, 0.25) is 0 Å². The smallest absolute Gasteiger partial charge is 0.252 e. The van der Waals surface area contributed by atoms with Gasteiger partial charge in [0.15, 0.2) is 0 Å². The van der Waals surface area contributed by atoms with E-state index >= 15 is 0 Å². The Balaban J connectivity index is 1.65. The van der Waals surface area contributed by atoms with Gasteiger partial charge in [0.1, 0.15) is 6.17 Å². The number of anilines is 1. The van der Waals surface area contributed by atoms with E-state index in [2.05, 4.69) is 10.9 Å². The molecule has 2 amide bonds. The predicted octanol–water partition coefficient (Wildman–Crippen LogP) is 3.84. The van der Waals surface area contributed by atoms with Crippen LogP contribution in [0.15, 0.2) is 91.0 Å². The quantitative estimate of drug-likeness (QED) is 0.756. The maximum Gasteiger partial charge on any atom is 0.353 e. The highest BCUT2D eigenvalue weighted by molar-refractivity contribution is 5.91. The van der Waals surface area contributed by atoms with Crippen molar-refractivity contribution < 1.29 is 4.79 Å². The molecule has 3 aromatic rings. The molecule has 0 aliphatic carbocycles. The minimum atomic E-state index is -0.210. The van der Waals surface area contributed by atoms with Gasteiger partial charge >= 0.3 is 6.03 Å². The molecule has 1 aliphatic rings. The van der Waals surface area contributed by atoms with Gasteiger partial charge in [-0.25, -0.2) is 20.7 Å². The van der Waals surface area contributed by atoms with Gasteiger partial charge in [0.25, 0.3) is 0 Å². The number of carbonyl (C=O) groups excluding carboxylic acids is 1.